The molecule has 1 rings (SSSR count). The first-order valence-corrected chi connectivity index (χ1v) is 7.68. The molecule has 0 aromatic carbocycles. The third-order valence-corrected chi connectivity index (χ3v) is 3.89. The highest BCUT2D eigenvalue weighted by Gasteiger charge is 2.25. The number of amides is 1. The summed E-state index contributed by atoms with van der Waals surface area (Å²) in [5.74, 6) is 0.439. The Bertz CT molecular complexity index is 474. The first-order valence-electron chi connectivity index (χ1n) is 7.68. The summed E-state index contributed by atoms with van der Waals surface area (Å²) in [7, 11) is 0. The van der Waals surface area contributed by atoms with Gasteiger partial charge in [0.15, 0.2) is 0 Å². The molecule has 1 heterocycles. The topological polar surface area (TPSA) is 59.8 Å². The van der Waals surface area contributed by atoms with Crippen molar-refractivity contribution in [2.75, 3.05) is 0 Å². The van der Waals surface area contributed by atoms with Crippen molar-refractivity contribution in [2.45, 2.75) is 66.0 Å². The largest absolute Gasteiger partial charge is 0.351 e. The molecule has 1 aromatic heterocycles. The van der Waals surface area contributed by atoms with Crippen LogP contribution in [0.15, 0.2) is 18.9 Å². The van der Waals surface area contributed by atoms with E-state index in [1.807, 2.05) is 27.0 Å². The Balaban J connectivity index is 2.61. The lowest BCUT2D eigenvalue weighted by Crippen LogP contribution is -2.42. The SMILES string of the molecule is C=CC(C)(C)C(=O)N[C@@H](C)Cn1cc(C(CC)CC)nn1. The summed E-state index contributed by atoms with van der Waals surface area (Å²) >= 11 is 0. The van der Waals surface area contributed by atoms with Crippen molar-refractivity contribution in [3.63, 3.8) is 0 Å². The fraction of sp³-hybridized carbons (Fsp3) is 0.688. The van der Waals surface area contributed by atoms with E-state index in [2.05, 4.69) is 36.1 Å². The molecule has 1 aromatic rings. The minimum absolute atomic E-state index is 0.00650. The zero-order valence-corrected chi connectivity index (χ0v) is 13.9. The molecule has 0 saturated heterocycles. The number of aromatic nitrogens is 3. The van der Waals surface area contributed by atoms with Crippen molar-refractivity contribution in [3.05, 3.63) is 24.5 Å². The van der Waals surface area contributed by atoms with Crippen LogP contribution in [-0.4, -0.2) is 26.9 Å². The molecule has 5 heteroatoms. The third-order valence-electron chi connectivity index (χ3n) is 3.89. The van der Waals surface area contributed by atoms with Crippen molar-refractivity contribution in [1.82, 2.24) is 20.3 Å². The lowest BCUT2D eigenvalue weighted by molar-refractivity contribution is -0.127. The van der Waals surface area contributed by atoms with Gasteiger partial charge in [0, 0.05) is 18.2 Å². The van der Waals surface area contributed by atoms with E-state index in [9.17, 15) is 4.79 Å². The molecule has 0 unspecified atom stereocenters. The van der Waals surface area contributed by atoms with E-state index in [-0.39, 0.29) is 11.9 Å². The Morgan fingerprint density at radius 2 is 2.10 bits per heavy atom. The first kappa shape index (κ1) is 17.4. The molecule has 0 spiro atoms. The molecule has 1 amide bonds. The highest BCUT2D eigenvalue weighted by atomic mass is 16.2. The van der Waals surface area contributed by atoms with Crippen molar-refractivity contribution >= 4 is 5.91 Å². The lowest BCUT2D eigenvalue weighted by Gasteiger charge is -2.22. The van der Waals surface area contributed by atoms with Gasteiger partial charge in [-0.15, -0.1) is 11.7 Å². The van der Waals surface area contributed by atoms with E-state index in [4.69, 9.17) is 0 Å². The number of nitrogens with one attached hydrogen (secondary N) is 1. The maximum atomic E-state index is 12.1. The van der Waals surface area contributed by atoms with Crippen LogP contribution >= 0.6 is 0 Å². The summed E-state index contributed by atoms with van der Waals surface area (Å²) in [4.78, 5) is 12.1. The van der Waals surface area contributed by atoms with Crippen molar-refractivity contribution < 1.29 is 4.79 Å². The summed E-state index contributed by atoms with van der Waals surface area (Å²) in [5.41, 5.74) is 0.474. The highest BCUT2D eigenvalue weighted by Crippen LogP contribution is 2.20. The van der Waals surface area contributed by atoms with Crippen LogP contribution in [0.1, 0.15) is 59.1 Å². The average molecular weight is 292 g/mol. The van der Waals surface area contributed by atoms with Crippen LogP contribution in [0, 0.1) is 5.41 Å². The van der Waals surface area contributed by atoms with Crippen molar-refractivity contribution in [3.8, 4) is 0 Å². The Hall–Kier alpha value is -1.65. The van der Waals surface area contributed by atoms with Gasteiger partial charge >= 0.3 is 0 Å². The maximum Gasteiger partial charge on any atom is 0.229 e. The highest BCUT2D eigenvalue weighted by molar-refractivity contribution is 5.83. The van der Waals surface area contributed by atoms with Crippen LogP contribution in [0.2, 0.25) is 0 Å². The average Bonchev–Trinajstić information content (AvgIpc) is 2.88. The van der Waals surface area contributed by atoms with Crippen molar-refractivity contribution in [1.29, 1.82) is 0 Å². The molecule has 21 heavy (non-hydrogen) atoms. The van der Waals surface area contributed by atoms with Gasteiger partial charge < -0.3 is 5.32 Å². The second kappa shape index (κ2) is 7.38. The van der Waals surface area contributed by atoms with Crippen LogP contribution in [0.3, 0.4) is 0 Å². The van der Waals surface area contributed by atoms with Crippen LogP contribution in [-0.2, 0) is 11.3 Å². The quantitative estimate of drug-likeness (QED) is 0.749. The third kappa shape index (κ3) is 4.69. The summed E-state index contributed by atoms with van der Waals surface area (Å²) < 4.78 is 1.81. The fourth-order valence-electron chi connectivity index (χ4n) is 2.13. The minimum Gasteiger partial charge on any atom is -0.351 e. The van der Waals surface area contributed by atoms with Gasteiger partial charge in [-0.25, -0.2) is 0 Å². The van der Waals surface area contributed by atoms with Gasteiger partial charge in [0.25, 0.3) is 0 Å². The molecular weight excluding hydrogens is 264 g/mol. The van der Waals surface area contributed by atoms with Gasteiger partial charge in [-0.2, -0.15) is 0 Å². The van der Waals surface area contributed by atoms with Crippen LogP contribution < -0.4 is 5.32 Å². The maximum absolute atomic E-state index is 12.1. The normalized spacial score (nSPS) is 13.2. The number of carbonyl (C=O) groups is 1. The van der Waals surface area contributed by atoms with E-state index in [0.29, 0.717) is 12.5 Å². The number of nitrogens with zero attached hydrogens (tertiary/aromatic N) is 3. The zero-order valence-electron chi connectivity index (χ0n) is 13.9. The molecule has 0 saturated carbocycles. The summed E-state index contributed by atoms with van der Waals surface area (Å²) in [5, 5.41) is 11.4. The standard InChI is InChI=1S/C16H28N4O/c1-7-13(8-2)14-11-20(19-18-14)10-12(4)17-15(21)16(5,6)9-3/h9,11-13H,3,7-8,10H2,1-2,4-6H3,(H,17,21)/t12-/m0/s1. The fourth-order valence-corrected chi connectivity index (χ4v) is 2.13. The second-order valence-electron chi connectivity index (χ2n) is 6.18. The number of carbonyl (C=O) groups excluding carboxylic acids is 1. The Kier molecular flexibility index (Phi) is 6.12. The van der Waals surface area contributed by atoms with Gasteiger partial charge in [0.05, 0.1) is 17.7 Å². The molecule has 0 radical (unpaired) electrons. The molecular formula is C16H28N4O. The summed E-state index contributed by atoms with van der Waals surface area (Å²) in [6, 6.07) is -0.00650. The Labute approximate surface area is 127 Å². The van der Waals surface area contributed by atoms with Gasteiger partial charge in [-0.05, 0) is 33.6 Å². The predicted molar refractivity (Wildman–Crippen MR) is 84.9 cm³/mol. The monoisotopic (exact) mass is 292 g/mol. The van der Waals surface area contributed by atoms with Crippen molar-refractivity contribution in [2.24, 2.45) is 5.41 Å². The zero-order chi connectivity index (χ0) is 16.0. The first-order chi connectivity index (χ1) is 9.83. The lowest BCUT2D eigenvalue weighted by atomic mass is 9.92. The summed E-state index contributed by atoms with van der Waals surface area (Å²) in [6.07, 6.45) is 5.78. The Morgan fingerprint density at radius 1 is 1.48 bits per heavy atom. The number of hydrogen-bond acceptors (Lipinski definition) is 3. The molecule has 0 aliphatic rings. The van der Waals surface area contributed by atoms with Gasteiger partial charge in [-0.3, -0.25) is 9.48 Å². The van der Waals surface area contributed by atoms with E-state index in [1.54, 1.807) is 10.8 Å². The smallest absolute Gasteiger partial charge is 0.229 e. The number of rotatable bonds is 8. The minimum atomic E-state index is -0.558. The molecule has 0 aliphatic carbocycles. The van der Waals surface area contributed by atoms with E-state index < -0.39 is 5.41 Å². The number of hydrogen-bond donors (Lipinski definition) is 1. The molecule has 1 N–H and O–H groups in total. The van der Waals surface area contributed by atoms with Crippen LogP contribution in [0.4, 0.5) is 0 Å². The van der Waals surface area contributed by atoms with E-state index in [1.165, 1.54) is 0 Å². The Morgan fingerprint density at radius 3 is 2.62 bits per heavy atom. The van der Waals surface area contributed by atoms with Crippen LogP contribution in [0.5, 0.6) is 0 Å². The van der Waals surface area contributed by atoms with Gasteiger partial charge in [0.1, 0.15) is 0 Å². The van der Waals surface area contributed by atoms with E-state index in [0.717, 1.165) is 18.5 Å². The van der Waals surface area contributed by atoms with E-state index >= 15 is 0 Å². The molecule has 5 nitrogen and oxygen atoms in total. The molecule has 1 atom stereocenters. The van der Waals surface area contributed by atoms with Crippen LogP contribution in [0.25, 0.3) is 0 Å². The van der Waals surface area contributed by atoms with Gasteiger partial charge in [0.2, 0.25) is 5.91 Å². The second-order valence-corrected chi connectivity index (χ2v) is 6.18. The molecule has 118 valence electrons. The molecule has 0 bridgehead atoms. The summed E-state index contributed by atoms with van der Waals surface area (Å²) in [6.45, 7) is 14.3. The molecule has 0 aliphatic heterocycles. The predicted octanol–water partition coefficient (Wildman–Crippen LogP) is 2.90. The molecule has 0 fully saturated rings. The van der Waals surface area contributed by atoms with Gasteiger partial charge in [-0.1, -0.05) is 25.1 Å².